The highest BCUT2D eigenvalue weighted by atomic mass is 32.2. The van der Waals surface area contributed by atoms with Gasteiger partial charge in [-0.1, -0.05) is 42.4 Å². The van der Waals surface area contributed by atoms with E-state index in [1.807, 2.05) is 38.1 Å². The molecule has 2 aromatic rings. The van der Waals surface area contributed by atoms with Crippen molar-refractivity contribution in [3.63, 3.8) is 0 Å². The molecule has 6 nitrogen and oxygen atoms in total. The summed E-state index contributed by atoms with van der Waals surface area (Å²) in [5, 5.41) is 0.791. The van der Waals surface area contributed by atoms with E-state index in [1.54, 1.807) is 23.1 Å². The molecule has 1 atom stereocenters. The van der Waals surface area contributed by atoms with Crippen molar-refractivity contribution in [3.8, 4) is 0 Å². The molecule has 1 heterocycles. The Hall–Kier alpha value is -2.16. The standard InChI is InChI=1S/C20H23N3O3S2/c1-14-8-10-16(11-9-14)19(24)23-13-15(2)27-20(23)21-17-6-5-7-18(12-17)28(25,26)22(3)4/h5-12,15H,13H2,1-4H3/t15-/m1/s1. The Bertz CT molecular complexity index is 1020. The molecule has 0 N–H and O–H groups in total. The highest BCUT2D eigenvalue weighted by Gasteiger charge is 2.31. The van der Waals surface area contributed by atoms with Gasteiger partial charge in [-0.05, 0) is 37.3 Å². The number of nitrogens with zero attached hydrogens (tertiary/aromatic N) is 3. The van der Waals surface area contributed by atoms with Crippen molar-refractivity contribution in [2.24, 2.45) is 4.99 Å². The Morgan fingerprint density at radius 3 is 2.50 bits per heavy atom. The van der Waals surface area contributed by atoms with Crippen LogP contribution in [0.15, 0.2) is 58.4 Å². The first kappa shape index (κ1) is 20.6. The van der Waals surface area contributed by atoms with E-state index in [0.29, 0.717) is 23.0 Å². The Kier molecular flexibility index (Phi) is 5.92. The third kappa shape index (κ3) is 4.29. The number of rotatable bonds is 4. The maximum atomic E-state index is 12.9. The molecule has 1 aliphatic heterocycles. The molecule has 0 aliphatic carbocycles. The lowest BCUT2D eigenvalue weighted by Crippen LogP contribution is -2.32. The normalized spacial score (nSPS) is 18.8. The number of thioether (sulfide) groups is 1. The summed E-state index contributed by atoms with van der Waals surface area (Å²) >= 11 is 1.51. The van der Waals surface area contributed by atoms with Crippen LogP contribution in [0.4, 0.5) is 5.69 Å². The van der Waals surface area contributed by atoms with Crippen LogP contribution < -0.4 is 0 Å². The molecule has 3 rings (SSSR count). The summed E-state index contributed by atoms with van der Waals surface area (Å²) in [4.78, 5) is 19.4. The summed E-state index contributed by atoms with van der Waals surface area (Å²) in [6.45, 7) is 4.57. The first-order valence-corrected chi connectivity index (χ1v) is 11.2. The zero-order chi connectivity index (χ0) is 20.5. The predicted octanol–water partition coefficient (Wildman–Crippen LogP) is 3.51. The van der Waals surface area contributed by atoms with Gasteiger partial charge in [-0.25, -0.2) is 17.7 Å². The monoisotopic (exact) mass is 417 g/mol. The maximum Gasteiger partial charge on any atom is 0.259 e. The fraction of sp³-hybridized carbons (Fsp3) is 0.300. The van der Waals surface area contributed by atoms with Gasteiger partial charge in [-0.15, -0.1) is 0 Å². The molecule has 8 heteroatoms. The van der Waals surface area contributed by atoms with Crippen LogP contribution in [-0.4, -0.2) is 54.6 Å². The van der Waals surface area contributed by atoms with E-state index < -0.39 is 10.0 Å². The van der Waals surface area contributed by atoms with Gasteiger partial charge >= 0.3 is 0 Å². The molecular formula is C20H23N3O3S2. The van der Waals surface area contributed by atoms with Crippen molar-refractivity contribution >= 4 is 38.5 Å². The van der Waals surface area contributed by atoms with E-state index in [1.165, 1.54) is 36.2 Å². The average molecular weight is 418 g/mol. The number of carbonyl (C=O) groups excluding carboxylic acids is 1. The van der Waals surface area contributed by atoms with Crippen LogP contribution in [0.1, 0.15) is 22.8 Å². The second kappa shape index (κ2) is 8.06. The first-order valence-electron chi connectivity index (χ1n) is 8.85. The van der Waals surface area contributed by atoms with E-state index in [-0.39, 0.29) is 16.1 Å². The number of amides is 1. The lowest BCUT2D eigenvalue weighted by Gasteiger charge is -2.16. The fourth-order valence-corrected chi connectivity index (χ4v) is 4.73. The van der Waals surface area contributed by atoms with Gasteiger partial charge in [0, 0.05) is 31.5 Å². The third-order valence-corrected chi connectivity index (χ3v) is 7.23. The van der Waals surface area contributed by atoms with Crippen molar-refractivity contribution in [2.45, 2.75) is 24.0 Å². The van der Waals surface area contributed by atoms with Crippen molar-refractivity contribution in [1.82, 2.24) is 9.21 Å². The van der Waals surface area contributed by atoms with Gasteiger partial charge in [0.05, 0.1) is 10.6 Å². The number of hydrogen-bond donors (Lipinski definition) is 0. The molecule has 1 saturated heterocycles. The van der Waals surface area contributed by atoms with Crippen molar-refractivity contribution in [1.29, 1.82) is 0 Å². The van der Waals surface area contributed by atoms with Crippen molar-refractivity contribution in [3.05, 3.63) is 59.7 Å². The lowest BCUT2D eigenvalue weighted by molar-refractivity contribution is 0.0855. The Labute approximate surface area is 170 Å². The SMILES string of the molecule is Cc1ccc(C(=O)N2C[C@@H](C)SC2=Nc2cccc(S(=O)(=O)N(C)C)c2)cc1. The fourth-order valence-electron chi connectivity index (χ4n) is 2.76. The van der Waals surface area contributed by atoms with Gasteiger partial charge in [0.1, 0.15) is 0 Å². The van der Waals surface area contributed by atoms with Gasteiger partial charge in [0.25, 0.3) is 5.91 Å². The van der Waals surface area contributed by atoms with Crippen molar-refractivity contribution in [2.75, 3.05) is 20.6 Å². The zero-order valence-corrected chi connectivity index (χ0v) is 17.9. The highest BCUT2D eigenvalue weighted by molar-refractivity contribution is 8.14. The number of sulfonamides is 1. The highest BCUT2D eigenvalue weighted by Crippen LogP contribution is 2.30. The summed E-state index contributed by atoms with van der Waals surface area (Å²) < 4.78 is 25.9. The molecule has 0 aromatic heterocycles. The average Bonchev–Trinajstić information content (AvgIpc) is 3.02. The molecule has 2 aromatic carbocycles. The minimum Gasteiger partial charge on any atom is -0.286 e. The van der Waals surface area contributed by atoms with Gasteiger partial charge < -0.3 is 0 Å². The van der Waals surface area contributed by atoms with Crippen LogP contribution in [0.5, 0.6) is 0 Å². The second-order valence-corrected chi connectivity index (χ2v) is 10.4. The molecule has 1 fully saturated rings. The topological polar surface area (TPSA) is 70.0 Å². The lowest BCUT2D eigenvalue weighted by atomic mass is 10.1. The van der Waals surface area contributed by atoms with Crippen LogP contribution in [0.2, 0.25) is 0 Å². The molecular weight excluding hydrogens is 394 g/mol. The minimum absolute atomic E-state index is 0.104. The summed E-state index contributed by atoms with van der Waals surface area (Å²) in [5.41, 5.74) is 2.20. The number of carbonyl (C=O) groups is 1. The summed E-state index contributed by atoms with van der Waals surface area (Å²) in [5.74, 6) is -0.104. The molecule has 148 valence electrons. The molecule has 28 heavy (non-hydrogen) atoms. The summed E-state index contributed by atoms with van der Waals surface area (Å²) in [7, 11) is -0.563. The van der Waals surface area contributed by atoms with Gasteiger partial charge in [-0.2, -0.15) is 0 Å². The van der Waals surface area contributed by atoms with E-state index in [9.17, 15) is 13.2 Å². The van der Waals surface area contributed by atoms with E-state index >= 15 is 0 Å². The predicted molar refractivity (Wildman–Crippen MR) is 114 cm³/mol. The van der Waals surface area contributed by atoms with Gasteiger partial charge in [-0.3, -0.25) is 9.69 Å². The number of hydrogen-bond acceptors (Lipinski definition) is 5. The van der Waals surface area contributed by atoms with Crippen molar-refractivity contribution < 1.29 is 13.2 Å². The first-order chi connectivity index (χ1) is 13.2. The largest absolute Gasteiger partial charge is 0.286 e. The van der Waals surface area contributed by atoms with E-state index in [2.05, 4.69) is 4.99 Å². The second-order valence-electron chi connectivity index (χ2n) is 6.89. The zero-order valence-electron chi connectivity index (χ0n) is 16.3. The molecule has 0 bridgehead atoms. The Balaban J connectivity index is 1.94. The molecule has 1 aliphatic rings. The maximum absolute atomic E-state index is 12.9. The van der Waals surface area contributed by atoms with Crippen LogP contribution in [-0.2, 0) is 10.0 Å². The molecule has 1 amide bonds. The number of aliphatic imine (C=N–C) groups is 1. The molecule has 0 spiro atoms. The number of benzene rings is 2. The Morgan fingerprint density at radius 1 is 1.18 bits per heavy atom. The number of amidine groups is 1. The summed E-state index contributed by atoms with van der Waals surface area (Å²) in [6, 6.07) is 13.9. The van der Waals surface area contributed by atoms with Crippen LogP contribution in [0.3, 0.4) is 0 Å². The Morgan fingerprint density at radius 2 is 1.86 bits per heavy atom. The molecule has 0 unspecified atom stereocenters. The summed E-state index contributed by atoms with van der Waals surface area (Å²) in [6.07, 6.45) is 0. The smallest absolute Gasteiger partial charge is 0.259 e. The molecule has 0 radical (unpaired) electrons. The van der Waals surface area contributed by atoms with Gasteiger partial charge in [0.2, 0.25) is 10.0 Å². The van der Waals surface area contributed by atoms with E-state index in [0.717, 1.165) is 5.56 Å². The van der Waals surface area contributed by atoms with E-state index in [4.69, 9.17) is 0 Å². The number of aryl methyl sites for hydroxylation is 1. The van der Waals surface area contributed by atoms with Gasteiger partial charge in [0.15, 0.2) is 5.17 Å². The quantitative estimate of drug-likeness (QED) is 0.763. The molecule has 0 saturated carbocycles. The van der Waals surface area contributed by atoms with Crippen LogP contribution in [0, 0.1) is 6.92 Å². The van der Waals surface area contributed by atoms with Crippen LogP contribution >= 0.6 is 11.8 Å². The minimum atomic E-state index is -3.54. The van der Waals surface area contributed by atoms with Crippen LogP contribution in [0.25, 0.3) is 0 Å². The third-order valence-electron chi connectivity index (χ3n) is 4.34.